The molecule has 0 bridgehead atoms. The van der Waals surface area contributed by atoms with E-state index in [-0.39, 0.29) is 11.3 Å². The van der Waals surface area contributed by atoms with Gasteiger partial charge >= 0.3 is 0 Å². The third kappa shape index (κ3) is 3.23. The maximum atomic E-state index is 12.8. The molecule has 0 spiro atoms. The van der Waals surface area contributed by atoms with Crippen molar-refractivity contribution in [1.82, 2.24) is 10.2 Å². The molecular formula is C16H23BrN2O. The fourth-order valence-corrected chi connectivity index (χ4v) is 3.39. The van der Waals surface area contributed by atoms with Crippen molar-refractivity contribution in [3.63, 3.8) is 0 Å². The SMILES string of the molecule is CCC1(C(=O)N(C)Cc2ccccc2Br)CCNCC1. The van der Waals surface area contributed by atoms with Gasteiger partial charge < -0.3 is 10.2 Å². The lowest BCUT2D eigenvalue weighted by molar-refractivity contribution is -0.143. The molecule has 3 nitrogen and oxygen atoms in total. The van der Waals surface area contributed by atoms with Gasteiger partial charge in [0.25, 0.3) is 0 Å². The van der Waals surface area contributed by atoms with E-state index < -0.39 is 0 Å². The van der Waals surface area contributed by atoms with Crippen LogP contribution in [0, 0.1) is 5.41 Å². The third-order valence-electron chi connectivity index (χ3n) is 4.40. The topological polar surface area (TPSA) is 32.3 Å². The molecule has 0 atom stereocenters. The molecule has 1 amide bonds. The molecule has 1 N–H and O–H groups in total. The fraction of sp³-hybridized carbons (Fsp3) is 0.562. The van der Waals surface area contributed by atoms with Crippen LogP contribution in [-0.2, 0) is 11.3 Å². The number of carbonyl (C=O) groups excluding carboxylic acids is 1. The number of hydrogen-bond acceptors (Lipinski definition) is 2. The van der Waals surface area contributed by atoms with Crippen molar-refractivity contribution in [2.75, 3.05) is 20.1 Å². The monoisotopic (exact) mass is 338 g/mol. The molecule has 1 aliphatic rings. The molecule has 0 aromatic heterocycles. The number of amides is 1. The van der Waals surface area contributed by atoms with Gasteiger partial charge in [-0.05, 0) is 44.0 Å². The van der Waals surface area contributed by atoms with Crippen LogP contribution in [0.2, 0.25) is 0 Å². The Balaban J connectivity index is 2.10. The summed E-state index contributed by atoms with van der Waals surface area (Å²) in [5.41, 5.74) is 0.991. The standard InChI is InChI=1S/C16H23BrN2O/c1-3-16(8-10-18-11-9-16)15(20)19(2)12-13-6-4-5-7-14(13)17/h4-7,18H,3,8-12H2,1-2H3. The van der Waals surface area contributed by atoms with E-state index in [1.165, 1.54) is 0 Å². The molecule has 2 rings (SSSR count). The summed E-state index contributed by atoms with van der Waals surface area (Å²) in [5.74, 6) is 0.289. The summed E-state index contributed by atoms with van der Waals surface area (Å²) in [6.45, 7) is 4.69. The second kappa shape index (κ2) is 6.72. The maximum Gasteiger partial charge on any atom is 0.228 e. The Kier molecular flexibility index (Phi) is 5.22. The Bertz CT molecular complexity index is 469. The lowest BCUT2D eigenvalue weighted by Crippen LogP contribution is -2.47. The zero-order valence-electron chi connectivity index (χ0n) is 12.3. The molecular weight excluding hydrogens is 316 g/mol. The van der Waals surface area contributed by atoms with E-state index in [1.54, 1.807) is 0 Å². The van der Waals surface area contributed by atoms with Crippen molar-refractivity contribution in [3.8, 4) is 0 Å². The van der Waals surface area contributed by atoms with Gasteiger partial charge in [0, 0.05) is 18.1 Å². The van der Waals surface area contributed by atoms with Crippen LogP contribution in [0.15, 0.2) is 28.7 Å². The zero-order chi connectivity index (χ0) is 14.6. The van der Waals surface area contributed by atoms with Gasteiger partial charge in [-0.25, -0.2) is 0 Å². The van der Waals surface area contributed by atoms with Crippen LogP contribution in [0.1, 0.15) is 31.7 Å². The molecule has 110 valence electrons. The minimum absolute atomic E-state index is 0.165. The summed E-state index contributed by atoms with van der Waals surface area (Å²) in [4.78, 5) is 14.7. The average Bonchev–Trinajstić information content (AvgIpc) is 2.49. The number of benzene rings is 1. The molecule has 0 radical (unpaired) electrons. The van der Waals surface area contributed by atoms with E-state index in [0.717, 1.165) is 42.4 Å². The van der Waals surface area contributed by atoms with Crippen LogP contribution in [0.3, 0.4) is 0 Å². The average molecular weight is 339 g/mol. The van der Waals surface area contributed by atoms with Crippen LogP contribution >= 0.6 is 15.9 Å². The minimum Gasteiger partial charge on any atom is -0.341 e. The van der Waals surface area contributed by atoms with Gasteiger partial charge in [-0.15, -0.1) is 0 Å². The first-order valence-corrected chi connectivity index (χ1v) is 8.08. The Morgan fingerprint density at radius 1 is 1.35 bits per heavy atom. The minimum atomic E-state index is -0.165. The maximum absolute atomic E-state index is 12.8. The Morgan fingerprint density at radius 3 is 2.60 bits per heavy atom. The van der Waals surface area contributed by atoms with Gasteiger partial charge in [-0.1, -0.05) is 41.1 Å². The van der Waals surface area contributed by atoms with Crippen molar-refractivity contribution in [1.29, 1.82) is 0 Å². The highest BCUT2D eigenvalue weighted by atomic mass is 79.9. The second-order valence-corrected chi connectivity index (χ2v) is 6.49. The van der Waals surface area contributed by atoms with Gasteiger partial charge in [0.15, 0.2) is 0 Å². The number of nitrogens with zero attached hydrogens (tertiary/aromatic N) is 1. The molecule has 1 aromatic carbocycles. The summed E-state index contributed by atoms with van der Waals surface area (Å²) in [7, 11) is 1.92. The van der Waals surface area contributed by atoms with Crippen LogP contribution in [-0.4, -0.2) is 30.9 Å². The molecule has 4 heteroatoms. The first kappa shape index (κ1) is 15.5. The Morgan fingerprint density at radius 2 is 2.00 bits per heavy atom. The third-order valence-corrected chi connectivity index (χ3v) is 5.18. The number of carbonyl (C=O) groups is 1. The summed E-state index contributed by atoms with van der Waals surface area (Å²) < 4.78 is 1.07. The van der Waals surface area contributed by atoms with Crippen molar-refractivity contribution >= 4 is 21.8 Å². The first-order chi connectivity index (χ1) is 9.59. The van der Waals surface area contributed by atoms with Crippen molar-refractivity contribution in [2.45, 2.75) is 32.7 Å². The molecule has 0 saturated carbocycles. The predicted molar refractivity (Wildman–Crippen MR) is 85.4 cm³/mol. The Labute approximate surface area is 129 Å². The highest BCUT2D eigenvalue weighted by Crippen LogP contribution is 2.35. The lowest BCUT2D eigenvalue weighted by atomic mass is 9.75. The van der Waals surface area contributed by atoms with Crippen LogP contribution in [0.25, 0.3) is 0 Å². The Hall–Kier alpha value is -0.870. The number of nitrogens with one attached hydrogen (secondary N) is 1. The molecule has 1 fully saturated rings. The van der Waals surface area contributed by atoms with E-state index in [2.05, 4.69) is 34.2 Å². The largest absolute Gasteiger partial charge is 0.341 e. The second-order valence-electron chi connectivity index (χ2n) is 5.64. The fourth-order valence-electron chi connectivity index (χ4n) is 2.98. The van der Waals surface area contributed by atoms with Gasteiger partial charge in [-0.2, -0.15) is 0 Å². The number of halogens is 1. The number of hydrogen-bond donors (Lipinski definition) is 1. The van der Waals surface area contributed by atoms with E-state index >= 15 is 0 Å². The van der Waals surface area contributed by atoms with Crippen molar-refractivity contribution in [2.24, 2.45) is 5.41 Å². The molecule has 20 heavy (non-hydrogen) atoms. The summed E-state index contributed by atoms with van der Waals surface area (Å²) in [6, 6.07) is 8.09. The molecule has 0 unspecified atom stereocenters. The summed E-state index contributed by atoms with van der Waals surface area (Å²) in [5, 5.41) is 3.35. The highest BCUT2D eigenvalue weighted by molar-refractivity contribution is 9.10. The van der Waals surface area contributed by atoms with Gasteiger partial charge in [-0.3, -0.25) is 4.79 Å². The van der Waals surface area contributed by atoms with Gasteiger partial charge in [0.05, 0.1) is 5.41 Å². The predicted octanol–water partition coefficient (Wildman–Crippen LogP) is 3.19. The van der Waals surface area contributed by atoms with Gasteiger partial charge in [0.2, 0.25) is 5.91 Å². The van der Waals surface area contributed by atoms with Crippen LogP contribution in [0.4, 0.5) is 0 Å². The molecule has 1 aromatic rings. The number of piperidine rings is 1. The van der Waals surface area contributed by atoms with E-state index in [0.29, 0.717) is 6.54 Å². The summed E-state index contributed by atoms with van der Waals surface area (Å²) >= 11 is 3.55. The first-order valence-electron chi connectivity index (χ1n) is 7.29. The molecule has 1 heterocycles. The molecule has 1 aliphatic heterocycles. The summed E-state index contributed by atoms with van der Waals surface area (Å²) in [6.07, 6.45) is 2.82. The van der Waals surface area contributed by atoms with Gasteiger partial charge in [0.1, 0.15) is 0 Å². The quantitative estimate of drug-likeness (QED) is 0.914. The van der Waals surface area contributed by atoms with Crippen LogP contribution < -0.4 is 5.32 Å². The smallest absolute Gasteiger partial charge is 0.228 e. The number of rotatable bonds is 4. The zero-order valence-corrected chi connectivity index (χ0v) is 13.9. The lowest BCUT2D eigenvalue weighted by Gasteiger charge is -2.38. The van der Waals surface area contributed by atoms with E-state index in [4.69, 9.17) is 0 Å². The van der Waals surface area contributed by atoms with E-state index in [9.17, 15) is 4.79 Å². The normalized spacial score (nSPS) is 17.8. The van der Waals surface area contributed by atoms with Crippen molar-refractivity contribution < 1.29 is 4.79 Å². The van der Waals surface area contributed by atoms with E-state index in [1.807, 2.05) is 30.1 Å². The van der Waals surface area contributed by atoms with Crippen LogP contribution in [0.5, 0.6) is 0 Å². The molecule has 1 saturated heterocycles. The molecule has 0 aliphatic carbocycles. The van der Waals surface area contributed by atoms with Crippen molar-refractivity contribution in [3.05, 3.63) is 34.3 Å². The highest BCUT2D eigenvalue weighted by Gasteiger charge is 2.39.